The molecule has 100 valence electrons. The summed E-state index contributed by atoms with van der Waals surface area (Å²) >= 11 is 3.45. The molecule has 1 heterocycles. The Morgan fingerprint density at radius 1 is 1.50 bits per heavy atom. The van der Waals surface area contributed by atoms with E-state index in [9.17, 15) is 4.79 Å². The van der Waals surface area contributed by atoms with Crippen molar-refractivity contribution in [1.82, 2.24) is 10.6 Å². The molecule has 0 bridgehead atoms. The predicted octanol–water partition coefficient (Wildman–Crippen LogP) is 2.66. The van der Waals surface area contributed by atoms with Crippen molar-refractivity contribution in [2.24, 2.45) is 0 Å². The third-order valence-electron chi connectivity index (χ3n) is 3.14. The molecule has 1 amide bonds. The number of benzene rings is 1. The molecule has 3 nitrogen and oxygen atoms in total. The van der Waals surface area contributed by atoms with Crippen LogP contribution in [0.15, 0.2) is 22.7 Å². The molecule has 2 N–H and O–H groups in total. The average molecular weight is 334 g/mol. The number of carbonyl (C=O) groups excluding carboxylic acids is 1. The number of piperidine rings is 1. The van der Waals surface area contributed by atoms with Gasteiger partial charge in [-0.25, -0.2) is 0 Å². The van der Waals surface area contributed by atoms with Crippen LogP contribution in [0.5, 0.6) is 0 Å². The molecule has 0 aliphatic carbocycles. The van der Waals surface area contributed by atoms with E-state index in [1.54, 1.807) is 0 Å². The molecule has 0 aromatic heterocycles. The summed E-state index contributed by atoms with van der Waals surface area (Å²) in [4.78, 5) is 12.1. The van der Waals surface area contributed by atoms with Crippen LogP contribution in [0.4, 0.5) is 0 Å². The normalized spacial score (nSPS) is 18.9. The zero-order valence-electron chi connectivity index (χ0n) is 10.3. The quantitative estimate of drug-likeness (QED) is 0.873. The fraction of sp³-hybridized carbons (Fsp3) is 0.462. The highest BCUT2D eigenvalue weighted by Gasteiger charge is 2.17. The second-order valence-electron chi connectivity index (χ2n) is 4.43. The van der Waals surface area contributed by atoms with Gasteiger partial charge in [0.25, 0.3) is 5.91 Å². The van der Waals surface area contributed by atoms with Crippen molar-refractivity contribution < 1.29 is 4.79 Å². The molecule has 5 heteroatoms. The number of halogens is 2. The van der Waals surface area contributed by atoms with E-state index in [1.807, 2.05) is 25.1 Å². The number of carbonyl (C=O) groups is 1. The van der Waals surface area contributed by atoms with Crippen LogP contribution in [0.1, 0.15) is 28.8 Å². The summed E-state index contributed by atoms with van der Waals surface area (Å²) in [6.45, 7) is 3.89. The van der Waals surface area contributed by atoms with Crippen molar-refractivity contribution in [2.75, 3.05) is 13.1 Å². The molecule has 1 fully saturated rings. The first kappa shape index (κ1) is 15.5. The summed E-state index contributed by atoms with van der Waals surface area (Å²) < 4.78 is 0.979. The minimum absolute atomic E-state index is 0. The lowest BCUT2D eigenvalue weighted by Gasteiger charge is -2.24. The summed E-state index contributed by atoms with van der Waals surface area (Å²) in [5, 5.41) is 6.37. The lowest BCUT2D eigenvalue weighted by molar-refractivity contribution is 0.0930. The van der Waals surface area contributed by atoms with Crippen molar-refractivity contribution in [1.29, 1.82) is 0 Å². The monoisotopic (exact) mass is 332 g/mol. The highest BCUT2D eigenvalue weighted by molar-refractivity contribution is 9.10. The third kappa shape index (κ3) is 3.70. The average Bonchev–Trinajstić information content (AvgIpc) is 2.34. The molecule has 18 heavy (non-hydrogen) atoms. The molecule has 0 saturated carbocycles. The Hall–Kier alpha value is -0.580. The van der Waals surface area contributed by atoms with Gasteiger partial charge in [0.1, 0.15) is 0 Å². The van der Waals surface area contributed by atoms with E-state index in [-0.39, 0.29) is 24.4 Å². The van der Waals surface area contributed by atoms with Crippen LogP contribution in [0.3, 0.4) is 0 Å². The van der Waals surface area contributed by atoms with E-state index in [0.29, 0.717) is 0 Å². The first-order valence-electron chi connectivity index (χ1n) is 5.95. The minimum Gasteiger partial charge on any atom is -0.348 e. The summed E-state index contributed by atoms with van der Waals surface area (Å²) in [5.74, 6) is 0.0255. The molecule has 2 rings (SSSR count). The van der Waals surface area contributed by atoms with Gasteiger partial charge in [-0.15, -0.1) is 12.4 Å². The number of hydrogen-bond donors (Lipinski definition) is 2. The van der Waals surface area contributed by atoms with E-state index in [0.717, 1.165) is 41.5 Å². The van der Waals surface area contributed by atoms with Gasteiger partial charge in [-0.1, -0.05) is 22.0 Å². The molecule has 1 aromatic carbocycles. The Kier molecular flexibility index (Phi) is 6.12. The van der Waals surface area contributed by atoms with E-state index >= 15 is 0 Å². The standard InChI is InChI=1S/C13H17BrN2O.ClH/c1-9-11(5-2-6-12(9)14)13(17)16-10-4-3-7-15-8-10;/h2,5-6,10,15H,3-4,7-8H2,1H3,(H,16,17);1H/t10-;/m0./s1. The van der Waals surface area contributed by atoms with Crippen LogP contribution in [-0.2, 0) is 0 Å². The molecule has 0 spiro atoms. The van der Waals surface area contributed by atoms with E-state index in [1.165, 1.54) is 0 Å². The zero-order valence-corrected chi connectivity index (χ0v) is 12.7. The number of nitrogens with one attached hydrogen (secondary N) is 2. The van der Waals surface area contributed by atoms with E-state index < -0.39 is 0 Å². The number of amides is 1. The minimum atomic E-state index is 0. The maximum Gasteiger partial charge on any atom is 0.251 e. The second-order valence-corrected chi connectivity index (χ2v) is 5.28. The Morgan fingerprint density at radius 2 is 2.28 bits per heavy atom. The van der Waals surface area contributed by atoms with Gasteiger partial charge in [0.05, 0.1) is 0 Å². The molecule has 0 unspecified atom stereocenters. The van der Waals surface area contributed by atoms with Crippen molar-refractivity contribution in [3.05, 3.63) is 33.8 Å². The van der Waals surface area contributed by atoms with Crippen LogP contribution in [-0.4, -0.2) is 25.0 Å². The molecule has 0 radical (unpaired) electrons. The summed E-state index contributed by atoms with van der Waals surface area (Å²) in [7, 11) is 0. The SMILES string of the molecule is Cc1c(Br)cccc1C(=O)N[C@H]1CCCNC1.Cl. The van der Waals surface area contributed by atoms with Crippen LogP contribution in [0.2, 0.25) is 0 Å². The Balaban J connectivity index is 0.00000162. The second kappa shape index (κ2) is 7.12. The summed E-state index contributed by atoms with van der Waals surface area (Å²) in [6.07, 6.45) is 2.19. The van der Waals surface area contributed by atoms with Gasteiger partial charge in [-0.3, -0.25) is 4.79 Å². The topological polar surface area (TPSA) is 41.1 Å². The highest BCUT2D eigenvalue weighted by atomic mass is 79.9. The van der Waals surface area contributed by atoms with Gasteiger partial charge in [-0.05, 0) is 44.0 Å². The van der Waals surface area contributed by atoms with Gasteiger partial charge in [0.15, 0.2) is 0 Å². The van der Waals surface area contributed by atoms with Crippen LogP contribution >= 0.6 is 28.3 Å². The Morgan fingerprint density at radius 3 is 2.94 bits per heavy atom. The molecule has 1 aromatic rings. The first-order chi connectivity index (χ1) is 8.18. The summed E-state index contributed by atoms with van der Waals surface area (Å²) in [5.41, 5.74) is 1.75. The number of rotatable bonds is 2. The molecular formula is C13H18BrClN2O. The fourth-order valence-corrected chi connectivity index (χ4v) is 2.46. The van der Waals surface area contributed by atoms with Crippen molar-refractivity contribution in [3.63, 3.8) is 0 Å². The predicted molar refractivity (Wildman–Crippen MR) is 79.5 cm³/mol. The largest absolute Gasteiger partial charge is 0.348 e. The van der Waals surface area contributed by atoms with Gasteiger partial charge in [0, 0.05) is 22.6 Å². The molecular weight excluding hydrogens is 316 g/mol. The Labute approximate surface area is 122 Å². The molecule has 1 saturated heterocycles. The van der Waals surface area contributed by atoms with E-state index in [2.05, 4.69) is 26.6 Å². The molecule has 1 aliphatic rings. The third-order valence-corrected chi connectivity index (χ3v) is 4.00. The lowest BCUT2D eigenvalue weighted by Crippen LogP contribution is -2.45. The fourth-order valence-electron chi connectivity index (χ4n) is 2.09. The van der Waals surface area contributed by atoms with Crippen molar-refractivity contribution in [3.8, 4) is 0 Å². The van der Waals surface area contributed by atoms with Crippen LogP contribution < -0.4 is 10.6 Å². The van der Waals surface area contributed by atoms with Crippen molar-refractivity contribution >= 4 is 34.2 Å². The maximum atomic E-state index is 12.1. The smallest absolute Gasteiger partial charge is 0.251 e. The maximum absolute atomic E-state index is 12.1. The zero-order chi connectivity index (χ0) is 12.3. The van der Waals surface area contributed by atoms with Gasteiger partial charge < -0.3 is 10.6 Å². The van der Waals surface area contributed by atoms with Gasteiger partial charge in [0.2, 0.25) is 0 Å². The molecule has 1 aliphatic heterocycles. The van der Waals surface area contributed by atoms with Crippen LogP contribution in [0.25, 0.3) is 0 Å². The highest BCUT2D eigenvalue weighted by Crippen LogP contribution is 2.19. The Bertz CT molecular complexity index is 419. The van der Waals surface area contributed by atoms with Gasteiger partial charge in [-0.2, -0.15) is 0 Å². The van der Waals surface area contributed by atoms with Gasteiger partial charge >= 0.3 is 0 Å². The van der Waals surface area contributed by atoms with E-state index in [4.69, 9.17) is 0 Å². The summed E-state index contributed by atoms with van der Waals surface area (Å²) in [6, 6.07) is 5.97. The van der Waals surface area contributed by atoms with Crippen molar-refractivity contribution in [2.45, 2.75) is 25.8 Å². The van der Waals surface area contributed by atoms with Crippen LogP contribution in [0, 0.1) is 6.92 Å². The first-order valence-corrected chi connectivity index (χ1v) is 6.74. The lowest BCUT2D eigenvalue weighted by atomic mass is 10.1. The number of hydrogen-bond acceptors (Lipinski definition) is 2. The molecule has 1 atom stereocenters.